The van der Waals surface area contributed by atoms with E-state index >= 15 is 0 Å². The summed E-state index contributed by atoms with van der Waals surface area (Å²) in [7, 11) is 0. The lowest BCUT2D eigenvalue weighted by molar-refractivity contribution is 0.0954. The average molecular weight is 415 g/mol. The fourth-order valence-electron chi connectivity index (χ4n) is 3.47. The van der Waals surface area contributed by atoms with Gasteiger partial charge >= 0.3 is 0 Å². The Balaban J connectivity index is 1.62. The van der Waals surface area contributed by atoms with Gasteiger partial charge in [0.1, 0.15) is 17.8 Å². The maximum absolute atomic E-state index is 13.1. The minimum Gasteiger partial charge on any atom is -0.351 e. The van der Waals surface area contributed by atoms with E-state index in [2.05, 4.69) is 41.5 Å². The third-order valence-electron chi connectivity index (χ3n) is 5.43. The van der Waals surface area contributed by atoms with Crippen molar-refractivity contribution in [2.45, 2.75) is 33.7 Å². The molecule has 0 spiro atoms. The summed E-state index contributed by atoms with van der Waals surface area (Å²) in [6, 6.07) is 16.0. The Morgan fingerprint density at radius 2 is 1.87 bits per heavy atom. The van der Waals surface area contributed by atoms with E-state index in [9.17, 15) is 4.79 Å². The van der Waals surface area contributed by atoms with Crippen LogP contribution >= 0.6 is 0 Å². The van der Waals surface area contributed by atoms with Crippen LogP contribution in [0.15, 0.2) is 61.1 Å². The van der Waals surface area contributed by atoms with Crippen molar-refractivity contribution in [1.29, 1.82) is 0 Å². The lowest BCUT2D eigenvalue weighted by Gasteiger charge is -2.07. The number of aryl methyl sites for hydroxylation is 3. The number of benzene rings is 2. The molecule has 0 unspecified atom stereocenters. The molecule has 4 aromatic rings. The molecule has 0 aliphatic carbocycles. The van der Waals surface area contributed by atoms with Crippen LogP contribution in [0.4, 0.5) is 0 Å². The van der Waals surface area contributed by atoms with E-state index < -0.39 is 0 Å². The molecule has 4 rings (SSSR count). The van der Waals surface area contributed by atoms with E-state index in [0.29, 0.717) is 24.2 Å². The van der Waals surface area contributed by atoms with Crippen molar-refractivity contribution in [1.82, 2.24) is 29.9 Å². The maximum atomic E-state index is 13.1. The Bertz CT molecular complexity index is 1190. The third-order valence-corrected chi connectivity index (χ3v) is 5.43. The summed E-state index contributed by atoms with van der Waals surface area (Å²) in [5.74, 6) is 0.704. The minimum absolute atomic E-state index is 0.155. The second-order valence-electron chi connectivity index (χ2n) is 7.51. The van der Waals surface area contributed by atoms with Crippen LogP contribution in [0.1, 0.15) is 34.2 Å². The smallest absolute Gasteiger partial charge is 0.255 e. The van der Waals surface area contributed by atoms with Crippen LogP contribution in [0.25, 0.3) is 16.9 Å². The molecule has 0 radical (unpaired) electrons. The lowest BCUT2D eigenvalue weighted by atomic mass is 10.0. The molecule has 2 aromatic carbocycles. The zero-order valence-corrected chi connectivity index (χ0v) is 18.0. The molecular formula is C24H26N6O. The van der Waals surface area contributed by atoms with Crippen LogP contribution in [-0.4, -0.2) is 37.0 Å². The highest BCUT2D eigenvalue weighted by Crippen LogP contribution is 2.26. The van der Waals surface area contributed by atoms with E-state index in [-0.39, 0.29) is 5.91 Å². The summed E-state index contributed by atoms with van der Waals surface area (Å²) in [4.78, 5) is 13.1. The van der Waals surface area contributed by atoms with Crippen LogP contribution in [0, 0.1) is 13.8 Å². The number of rotatable bonds is 7. The van der Waals surface area contributed by atoms with E-state index in [4.69, 9.17) is 5.10 Å². The first-order chi connectivity index (χ1) is 15.1. The number of nitrogens with one attached hydrogen (secondary N) is 1. The molecule has 2 heterocycles. The normalized spacial score (nSPS) is 10.9. The number of nitrogens with zero attached hydrogens (tertiary/aromatic N) is 5. The first-order valence-corrected chi connectivity index (χ1v) is 10.4. The predicted molar refractivity (Wildman–Crippen MR) is 120 cm³/mol. The Kier molecular flexibility index (Phi) is 5.93. The number of aromatic nitrogens is 5. The third kappa shape index (κ3) is 4.40. The van der Waals surface area contributed by atoms with E-state index in [1.54, 1.807) is 17.2 Å². The largest absolute Gasteiger partial charge is 0.351 e. The van der Waals surface area contributed by atoms with Crippen molar-refractivity contribution in [3.8, 4) is 16.9 Å². The quantitative estimate of drug-likeness (QED) is 0.500. The van der Waals surface area contributed by atoms with Crippen molar-refractivity contribution >= 4 is 5.91 Å². The Labute approximate surface area is 181 Å². The Morgan fingerprint density at radius 1 is 1.06 bits per heavy atom. The summed E-state index contributed by atoms with van der Waals surface area (Å²) < 4.78 is 3.73. The van der Waals surface area contributed by atoms with Crippen molar-refractivity contribution in [2.24, 2.45) is 0 Å². The predicted octanol–water partition coefficient (Wildman–Crippen LogP) is 3.74. The number of hydrogen-bond acceptors (Lipinski definition) is 4. The topological polar surface area (TPSA) is 77.6 Å². The molecular weight excluding hydrogens is 388 g/mol. The fraction of sp³-hybridized carbons (Fsp3) is 0.250. The molecule has 0 saturated heterocycles. The zero-order chi connectivity index (χ0) is 21.8. The van der Waals surface area contributed by atoms with Gasteiger partial charge in [-0.15, -0.1) is 10.2 Å². The van der Waals surface area contributed by atoms with Gasteiger partial charge in [-0.25, -0.2) is 4.68 Å². The summed E-state index contributed by atoms with van der Waals surface area (Å²) in [5, 5.41) is 15.8. The number of amides is 1. The monoisotopic (exact) mass is 414 g/mol. The van der Waals surface area contributed by atoms with Gasteiger partial charge in [-0.2, -0.15) is 5.10 Å². The van der Waals surface area contributed by atoms with Gasteiger partial charge < -0.3 is 9.88 Å². The second kappa shape index (κ2) is 8.95. The number of para-hydroxylation sites is 1. The number of carbonyl (C=O) groups excluding carboxylic acids is 1. The number of carbonyl (C=O) groups is 1. The minimum atomic E-state index is -0.155. The molecule has 7 nitrogen and oxygen atoms in total. The van der Waals surface area contributed by atoms with Gasteiger partial charge in [-0.1, -0.05) is 30.3 Å². The summed E-state index contributed by atoms with van der Waals surface area (Å²) >= 11 is 0. The van der Waals surface area contributed by atoms with Crippen LogP contribution < -0.4 is 5.32 Å². The van der Waals surface area contributed by atoms with E-state index in [1.807, 2.05) is 47.9 Å². The second-order valence-corrected chi connectivity index (χ2v) is 7.51. The molecule has 158 valence electrons. The molecule has 0 atom stereocenters. The molecule has 7 heteroatoms. The SMILES string of the molecule is CCn1cnnc1CCNC(=O)c1cn(-c2ccccc2)nc1-c1ccc(C)c(C)c1. The first-order valence-electron chi connectivity index (χ1n) is 10.4. The van der Waals surface area contributed by atoms with Crippen LogP contribution in [0.5, 0.6) is 0 Å². The van der Waals surface area contributed by atoms with Crippen LogP contribution in [0.2, 0.25) is 0 Å². The molecule has 2 aromatic heterocycles. The Morgan fingerprint density at radius 3 is 2.61 bits per heavy atom. The van der Waals surface area contributed by atoms with Gasteiger partial charge in [0.2, 0.25) is 0 Å². The first kappa shape index (κ1) is 20.5. The number of hydrogen-bond donors (Lipinski definition) is 1. The van der Waals surface area contributed by atoms with Crippen molar-refractivity contribution < 1.29 is 4.79 Å². The van der Waals surface area contributed by atoms with Crippen molar-refractivity contribution in [2.75, 3.05) is 6.54 Å². The zero-order valence-electron chi connectivity index (χ0n) is 18.0. The summed E-state index contributed by atoms with van der Waals surface area (Å²) in [6.07, 6.45) is 4.12. The molecule has 31 heavy (non-hydrogen) atoms. The van der Waals surface area contributed by atoms with E-state index in [1.165, 1.54) is 5.56 Å². The van der Waals surface area contributed by atoms with Gasteiger partial charge in [0.15, 0.2) is 0 Å². The average Bonchev–Trinajstić information content (AvgIpc) is 3.43. The van der Waals surface area contributed by atoms with Crippen LogP contribution in [-0.2, 0) is 13.0 Å². The highest BCUT2D eigenvalue weighted by atomic mass is 16.1. The summed E-state index contributed by atoms with van der Waals surface area (Å²) in [5.41, 5.74) is 5.41. The van der Waals surface area contributed by atoms with E-state index in [0.717, 1.165) is 29.2 Å². The van der Waals surface area contributed by atoms with Gasteiger partial charge in [0, 0.05) is 31.3 Å². The maximum Gasteiger partial charge on any atom is 0.255 e. The molecule has 1 N–H and O–H groups in total. The molecule has 0 bridgehead atoms. The lowest BCUT2D eigenvalue weighted by Crippen LogP contribution is -2.26. The summed E-state index contributed by atoms with van der Waals surface area (Å²) in [6.45, 7) is 7.46. The molecule has 0 saturated carbocycles. The fourth-order valence-corrected chi connectivity index (χ4v) is 3.47. The molecule has 1 amide bonds. The van der Waals surface area contributed by atoms with Crippen molar-refractivity contribution in [3.63, 3.8) is 0 Å². The van der Waals surface area contributed by atoms with Gasteiger partial charge in [0.05, 0.1) is 11.3 Å². The highest BCUT2D eigenvalue weighted by molar-refractivity contribution is 6.00. The Hall–Kier alpha value is -3.74. The van der Waals surface area contributed by atoms with Gasteiger partial charge in [-0.3, -0.25) is 4.79 Å². The van der Waals surface area contributed by atoms with Crippen molar-refractivity contribution in [3.05, 3.63) is 83.6 Å². The standard InChI is InChI=1S/C24H26N6O/c1-4-29-16-26-27-22(29)12-13-25-24(31)21-15-30(20-8-6-5-7-9-20)28-23(21)19-11-10-17(2)18(3)14-19/h5-11,14-16H,4,12-13H2,1-3H3,(H,25,31). The van der Waals surface area contributed by atoms with Crippen LogP contribution in [0.3, 0.4) is 0 Å². The molecule has 0 aliphatic heterocycles. The molecule has 0 aliphatic rings. The van der Waals surface area contributed by atoms with Gasteiger partial charge in [-0.05, 0) is 50.1 Å². The van der Waals surface area contributed by atoms with Gasteiger partial charge in [0.25, 0.3) is 5.91 Å². The molecule has 0 fully saturated rings. The highest BCUT2D eigenvalue weighted by Gasteiger charge is 2.19.